The first kappa shape index (κ1) is 18.0. The molecular formula is C18H31FN2. The predicted molar refractivity (Wildman–Crippen MR) is 90.3 cm³/mol. The molecule has 0 saturated heterocycles. The Hall–Kier alpha value is -1.09. The Bertz CT molecular complexity index is 414. The highest BCUT2D eigenvalue weighted by molar-refractivity contribution is 5.56. The first-order chi connectivity index (χ1) is 10.0. The van der Waals surface area contributed by atoms with Crippen LogP contribution in [0.1, 0.15) is 53.0 Å². The molecule has 0 spiro atoms. The van der Waals surface area contributed by atoms with Crippen LogP contribution in [0.15, 0.2) is 18.2 Å². The molecule has 0 bridgehead atoms. The summed E-state index contributed by atoms with van der Waals surface area (Å²) in [7, 11) is 0. The molecule has 0 amide bonds. The minimum Gasteiger partial charge on any atom is -0.366 e. The van der Waals surface area contributed by atoms with Crippen LogP contribution in [0.5, 0.6) is 0 Å². The fourth-order valence-electron chi connectivity index (χ4n) is 2.83. The third kappa shape index (κ3) is 4.99. The normalized spacial score (nSPS) is 11.4. The van der Waals surface area contributed by atoms with Gasteiger partial charge >= 0.3 is 0 Å². The molecule has 3 heteroatoms. The molecule has 0 heterocycles. The molecule has 0 fully saturated rings. The number of nitrogens with one attached hydrogen (secondary N) is 1. The largest absolute Gasteiger partial charge is 0.366 e. The lowest BCUT2D eigenvalue weighted by atomic mass is 10.0. The van der Waals surface area contributed by atoms with Gasteiger partial charge in [0.2, 0.25) is 0 Å². The van der Waals surface area contributed by atoms with Crippen LogP contribution < -0.4 is 10.2 Å². The van der Waals surface area contributed by atoms with E-state index >= 15 is 0 Å². The Morgan fingerprint density at radius 2 is 1.81 bits per heavy atom. The maximum absolute atomic E-state index is 14.5. The van der Waals surface area contributed by atoms with E-state index in [0.29, 0.717) is 12.0 Å². The van der Waals surface area contributed by atoms with Gasteiger partial charge < -0.3 is 10.2 Å². The lowest BCUT2D eigenvalue weighted by molar-refractivity contribution is 0.493. The predicted octanol–water partition coefficient (Wildman–Crippen LogP) is 4.59. The zero-order valence-electron chi connectivity index (χ0n) is 14.2. The van der Waals surface area contributed by atoms with Crippen molar-refractivity contribution in [3.05, 3.63) is 29.6 Å². The van der Waals surface area contributed by atoms with Gasteiger partial charge in [-0.25, -0.2) is 4.39 Å². The van der Waals surface area contributed by atoms with Gasteiger partial charge in [0.25, 0.3) is 0 Å². The lowest BCUT2D eigenvalue weighted by Gasteiger charge is -2.36. The molecule has 0 atom stereocenters. The van der Waals surface area contributed by atoms with E-state index in [9.17, 15) is 4.39 Å². The second-order valence-corrected chi connectivity index (χ2v) is 6.04. The number of hydrogen-bond acceptors (Lipinski definition) is 2. The minimum atomic E-state index is -0.0991. The van der Waals surface area contributed by atoms with Gasteiger partial charge in [-0.3, -0.25) is 0 Å². The number of para-hydroxylation sites is 1. The van der Waals surface area contributed by atoms with Gasteiger partial charge in [-0.1, -0.05) is 46.8 Å². The number of anilines is 1. The van der Waals surface area contributed by atoms with Crippen molar-refractivity contribution < 1.29 is 4.39 Å². The van der Waals surface area contributed by atoms with E-state index in [4.69, 9.17) is 0 Å². The molecule has 0 aromatic heterocycles. The molecule has 0 aliphatic heterocycles. The fraction of sp³-hybridized carbons (Fsp3) is 0.667. The van der Waals surface area contributed by atoms with Crippen LogP contribution in [0.2, 0.25) is 0 Å². The third-order valence-electron chi connectivity index (χ3n) is 3.87. The zero-order valence-corrected chi connectivity index (χ0v) is 14.2. The van der Waals surface area contributed by atoms with Gasteiger partial charge in [0.1, 0.15) is 5.82 Å². The summed E-state index contributed by atoms with van der Waals surface area (Å²) < 4.78 is 14.5. The average molecular weight is 294 g/mol. The number of benzene rings is 1. The van der Waals surface area contributed by atoms with E-state index in [1.54, 1.807) is 6.07 Å². The number of rotatable bonds is 9. The van der Waals surface area contributed by atoms with E-state index in [-0.39, 0.29) is 5.82 Å². The summed E-state index contributed by atoms with van der Waals surface area (Å²) in [4.78, 5) is 2.28. The van der Waals surface area contributed by atoms with Gasteiger partial charge in [0.15, 0.2) is 0 Å². The molecule has 120 valence electrons. The first-order valence-corrected chi connectivity index (χ1v) is 8.29. The third-order valence-corrected chi connectivity index (χ3v) is 3.87. The second kappa shape index (κ2) is 9.04. The molecule has 1 rings (SSSR count). The van der Waals surface area contributed by atoms with Gasteiger partial charge in [0, 0.05) is 19.1 Å². The van der Waals surface area contributed by atoms with Crippen LogP contribution in [-0.2, 0) is 6.54 Å². The quantitative estimate of drug-likeness (QED) is 0.717. The molecular weight excluding hydrogens is 263 g/mol. The van der Waals surface area contributed by atoms with Crippen molar-refractivity contribution in [3.63, 3.8) is 0 Å². The van der Waals surface area contributed by atoms with E-state index in [2.05, 4.69) is 44.8 Å². The van der Waals surface area contributed by atoms with E-state index in [0.717, 1.165) is 43.7 Å². The smallest absolute Gasteiger partial charge is 0.146 e. The molecule has 2 nitrogen and oxygen atoms in total. The van der Waals surface area contributed by atoms with Gasteiger partial charge in [-0.2, -0.15) is 0 Å². The maximum Gasteiger partial charge on any atom is 0.146 e. The summed E-state index contributed by atoms with van der Waals surface area (Å²) in [5.41, 5.74) is 1.85. The van der Waals surface area contributed by atoms with E-state index in [1.807, 2.05) is 12.1 Å². The highest BCUT2D eigenvalue weighted by atomic mass is 19.1. The number of nitrogens with zero attached hydrogens (tertiary/aromatic N) is 1. The summed E-state index contributed by atoms with van der Waals surface area (Å²) >= 11 is 0. The van der Waals surface area contributed by atoms with Crippen LogP contribution in [0.4, 0.5) is 10.1 Å². The molecule has 1 aromatic rings. The monoisotopic (exact) mass is 294 g/mol. The Labute approximate surface area is 129 Å². The maximum atomic E-state index is 14.5. The number of halogens is 1. The zero-order chi connectivity index (χ0) is 15.8. The Balaban J connectivity index is 3.21. The Kier molecular flexibility index (Phi) is 7.73. The summed E-state index contributed by atoms with van der Waals surface area (Å²) in [6, 6.07) is 5.83. The van der Waals surface area contributed by atoms with Crippen LogP contribution in [0.25, 0.3) is 0 Å². The van der Waals surface area contributed by atoms with Crippen LogP contribution in [0.3, 0.4) is 0 Å². The number of hydrogen-bond donors (Lipinski definition) is 1. The summed E-state index contributed by atoms with van der Waals surface area (Å²) in [5.74, 6) is 0.412. The molecule has 1 aromatic carbocycles. The topological polar surface area (TPSA) is 15.3 Å². The standard InChI is InChI=1S/C18H31FN2/c1-6-16(7-2)21(13-14(4)5)18-15(12-20-8-3)10-9-11-17(18)19/h9-11,14,16,20H,6-8,12-13H2,1-5H3. The summed E-state index contributed by atoms with van der Waals surface area (Å²) in [6.07, 6.45) is 2.08. The summed E-state index contributed by atoms with van der Waals surface area (Å²) in [5, 5.41) is 3.32. The van der Waals surface area contributed by atoms with E-state index < -0.39 is 0 Å². The molecule has 1 N–H and O–H groups in total. The molecule has 21 heavy (non-hydrogen) atoms. The van der Waals surface area contributed by atoms with Crippen LogP contribution in [-0.4, -0.2) is 19.1 Å². The van der Waals surface area contributed by atoms with Crippen molar-refractivity contribution in [3.8, 4) is 0 Å². The fourth-order valence-corrected chi connectivity index (χ4v) is 2.83. The highest BCUT2D eigenvalue weighted by Crippen LogP contribution is 2.29. The van der Waals surface area contributed by atoms with Crippen molar-refractivity contribution in [1.82, 2.24) is 5.32 Å². The van der Waals surface area contributed by atoms with Gasteiger partial charge in [0.05, 0.1) is 5.69 Å². The molecule has 0 aliphatic carbocycles. The summed E-state index contributed by atoms with van der Waals surface area (Å²) in [6.45, 7) is 13.3. The molecule has 0 saturated carbocycles. The SMILES string of the molecule is CCNCc1cccc(F)c1N(CC(C)C)C(CC)CC. The molecule has 0 radical (unpaired) electrons. The van der Waals surface area contributed by atoms with Crippen molar-refractivity contribution in [1.29, 1.82) is 0 Å². The van der Waals surface area contributed by atoms with Crippen molar-refractivity contribution in [2.45, 2.75) is 60.0 Å². The lowest BCUT2D eigenvalue weighted by Crippen LogP contribution is -2.39. The van der Waals surface area contributed by atoms with Crippen molar-refractivity contribution in [2.24, 2.45) is 5.92 Å². The average Bonchev–Trinajstić information content (AvgIpc) is 2.45. The molecule has 0 unspecified atom stereocenters. The van der Waals surface area contributed by atoms with Crippen LogP contribution in [0, 0.1) is 11.7 Å². The minimum absolute atomic E-state index is 0.0991. The second-order valence-electron chi connectivity index (χ2n) is 6.04. The first-order valence-electron chi connectivity index (χ1n) is 8.29. The Morgan fingerprint density at radius 1 is 1.14 bits per heavy atom. The molecule has 0 aliphatic rings. The van der Waals surface area contributed by atoms with Crippen molar-refractivity contribution >= 4 is 5.69 Å². The van der Waals surface area contributed by atoms with Crippen molar-refractivity contribution in [2.75, 3.05) is 18.0 Å². The van der Waals surface area contributed by atoms with E-state index in [1.165, 1.54) is 0 Å². The highest BCUT2D eigenvalue weighted by Gasteiger charge is 2.22. The van der Waals surface area contributed by atoms with Gasteiger partial charge in [-0.15, -0.1) is 0 Å². The Morgan fingerprint density at radius 3 is 2.33 bits per heavy atom. The van der Waals surface area contributed by atoms with Crippen LogP contribution >= 0.6 is 0 Å². The van der Waals surface area contributed by atoms with Gasteiger partial charge in [-0.05, 0) is 36.9 Å².